The molecule has 0 aromatic carbocycles. The number of nitrogens with one attached hydrogen (secondary N) is 1. The molecule has 0 radical (unpaired) electrons. The van der Waals surface area contributed by atoms with Crippen molar-refractivity contribution >= 4 is 5.97 Å². The van der Waals surface area contributed by atoms with E-state index in [4.69, 9.17) is 33.9 Å². The van der Waals surface area contributed by atoms with Gasteiger partial charge in [-0.1, -0.05) is 62.3 Å². The van der Waals surface area contributed by atoms with E-state index in [2.05, 4.69) is 5.32 Å². The van der Waals surface area contributed by atoms with Crippen LogP contribution in [0.1, 0.15) is 129 Å². The van der Waals surface area contributed by atoms with Crippen molar-refractivity contribution in [3.05, 3.63) is 0 Å². The Bertz CT molecular complexity index is 881. The van der Waals surface area contributed by atoms with Gasteiger partial charge in [-0.2, -0.15) is 0 Å². The van der Waals surface area contributed by atoms with E-state index in [1.54, 1.807) is 13.8 Å². The first-order valence-corrected chi connectivity index (χ1v) is 20.1. The number of cyclic esters (lactones) is 1. The fourth-order valence-electron chi connectivity index (χ4n) is 6.18. The van der Waals surface area contributed by atoms with Crippen molar-refractivity contribution in [2.75, 3.05) is 41.0 Å². The lowest BCUT2D eigenvalue weighted by Gasteiger charge is -2.40. The summed E-state index contributed by atoms with van der Waals surface area (Å²) in [4.78, 5) is 14.0. The summed E-state index contributed by atoms with van der Waals surface area (Å²) in [6.45, 7) is 25.9. The molecule has 0 aliphatic carbocycles. The predicted molar refractivity (Wildman–Crippen MR) is 209 cm³/mol. The maximum Gasteiger partial charge on any atom is 0.308 e. The Balaban J connectivity index is -0.000000702. The van der Waals surface area contributed by atoms with Gasteiger partial charge in [0.15, 0.2) is 12.6 Å². The van der Waals surface area contributed by atoms with Crippen molar-refractivity contribution in [3.63, 3.8) is 0 Å². The number of ether oxygens (including phenoxy) is 5. The van der Waals surface area contributed by atoms with Crippen molar-refractivity contribution in [1.82, 2.24) is 10.2 Å². The van der Waals surface area contributed by atoms with Crippen molar-refractivity contribution in [1.29, 1.82) is 0 Å². The summed E-state index contributed by atoms with van der Waals surface area (Å²) in [7, 11) is 5.28. The third-order valence-electron chi connectivity index (χ3n) is 8.88. The van der Waals surface area contributed by atoms with Crippen LogP contribution in [0.5, 0.6) is 0 Å². The van der Waals surface area contributed by atoms with E-state index in [1.165, 1.54) is 7.11 Å². The molecule has 4 saturated heterocycles. The second-order valence-electron chi connectivity index (χ2n) is 13.8. The molecule has 0 spiro atoms. The van der Waals surface area contributed by atoms with Gasteiger partial charge in [-0.3, -0.25) is 4.79 Å². The number of carbonyl (C=O) groups is 1. The van der Waals surface area contributed by atoms with E-state index in [9.17, 15) is 25.2 Å². The van der Waals surface area contributed by atoms with Gasteiger partial charge in [0.1, 0.15) is 30.5 Å². The van der Waals surface area contributed by atoms with Crippen LogP contribution in [0.25, 0.3) is 0 Å². The Morgan fingerprint density at radius 2 is 1.43 bits per heavy atom. The number of methoxy groups -OCH3 is 1. The van der Waals surface area contributed by atoms with E-state index in [-0.39, 0.29) is 55.5 Å². The Hall–Kier alpha value is -1.01. The number of fused-ring (bicyclic) bond motifs is 2. The second kappa shape index (κ2) is 30.2. The normalized spacial score (nSPS) is 38.5. The zero-order chi connectivity index (χ0) is 42.1. The number of aliphatic hydroxyl groups excluding tert-OH is 4. The van der Waals surface area contributed by atoms with Crippen LogP contribution in [0, 0.1) is 5.92 Å². The molecule has 4 rings (SSSR count). The van der Waals surface area contributed by atoms with E-state index in [0.717, 1.165) is 19.4 Å². The van der Waals surface area contributed by atoms with Crippen LogP contribution in [0.15, 0.2) is 0 Å². The number of rotatable bonds is 2. The van der Waals surface area contributed by atoms with Gasteiger partial charge in [-0.05, 0) is 74.0 Å². The van der Waals surface area contributed by atoms with Crippen molar-refractivity contribution in [3.8, 4) is 0 Å². The molecule has 4 heterocycles. The van der Waals surface area contributed by atoms with E-state index in [0.29, 0.717) is 25.7 Å². The Labute approximate surface area is 322 Å². The van der Waals surface area contributed by atoms with Crippen molar-refractivity contribution < 1.29 is 59.1 Å². The van der Waals surface area contributed by atoms with Gasteiger partial charge in [0.05, 0.1) is 36.4 Å². The third-order valence-corrected chi connectivity index (χ3v) is 8.88. The van der Waals surface area contributed by atoms with Crippen LogP contribution in [0.3, 0.4) is 0 Å². The summed E-state index contributed by atoms with van der Waals surface area (Å²) in [5.41, 5.74) is -2.13. The molecule has 13 atom stereocenters. The lowest BCUT2D eigenvalue weighted by Crippen LogP contribution is -2.57. The smallest absolute Gasteiger partial charge is 0.308 e. The molecule has 4 fully saturated rings. The molecule has 0 aromatic heterocycles. The Morgan fingerprint density at radius 1 is 0.868 bits per heavy atom. The number of hydrogen-bond acceptors (Lipinski definition) is 14. The summed E-state index contributed by atoms with van der Waals surface area (Å²) in [6.07, 6.45) is -0.764. The van der Waals surface area contributed by atoms with E-state index >= 15 is 0 Å². The Kier molecular flexibility index (Phi) is 32.1. The summed E-state index contributed by atoms with van der Waals surface area (Å²) >= 11 is 0. The predicted octanol–water partition coefficient (Wildman–Crippen LogP) is 3.60. The quantitative estimate of drug-likeness (QED) is 0.201. The number of esters is 1. The highest BCUT2D eigenvalue weighted by molar-refractivity contribution is 5.72. The molecular weight excluding hydrogens is 688 g/mol. The van der Waals surface area contributed by atoms with Crippen LogP contribution < -0.4 is 5.32 Å². The molecule has 53 heavy (non-hydrogen) atoms. The maximum absolute atomic E-state index is 12.1. The van der Waals surface area contributed by atoms with Crippen molar-refractivity contribution in [2.24, 2.45) is 5.92 Å². The summed E-state index contributed by atoms with van der Waals surface area (Å²) in [6, 6.07) is -0.0913. The van der Waals surface area contributed by atoms with Crippen LogP contribution in [-0.2, 0) is 28.5 Å². The van der Waals surface area contributed by atoms with Gasteiger partial charge >= 0.3 is 5.97 Å². The highest BCUT2D eigenvalue weighted by Crippen LogP contribution is 2.31. The first kappa shape index (κ1) is 56.3. The van der Waals surface area contributed by atoms with Crippen molar-refractivity contribution in [2.45, 2.75) is 201 Å². The maximum atomic E-state index is 12.1. The molecule has 2 bridgehead atoms. The molecule has 0 saturated carbocycles. The zero-order valence-electron chi connectivity index (χ0n) is 36.3. The monoisotopic (exact) mass is 773 g/mol. The second-order valence-corrected chi connectivity index (χ2v) is 13.8. The molecule has 4 aliphatic rings. The first-order valence-electron chi connectivity index (χ1n) is 20.1. The average molecular weight is 773 g/mol. The highest BCUT2D eigenvalue weighted by atomic mass is 16.6. The number of nitrogens with zero attached hydrogens (tertiary/aromatic N) is 1. The number of aliphatic hydroxyl groups is 6. The molecule has 0 aromatic rings. The number of hydrogen-bond donors (Lipinski definition) is 7. The van der Waals surface area contributed by atoms with Gasteiger partial charge in [0.25, 0.3) is 0 Å². The number of likely N-dealkylation sites (N-methyl/N-ethyl adjacent to an activating group) is 1. The topological polar surface area (TPSA) is 200 Å². The fourth-order valence-corrected chi connectivity index (χ4v) is 6.18. The first-order chi connectivity index (χ1) is 24.9. The zero-order valence-corrected chi connectivity index (χ0v) is 36.3. The lowest BCUT2D eigenvalue weighted by atomic mass is 9.87. The summed E-state index contributed by atoms with van der Waals surface area (Å²) < 4.78 is 26.2. The van der Waals surface area contributed by atoms with Gasteiger partial charge < -0.3 is 64.5 Å². The van der Waals surface area contributed by atoms with Gasteiger partial charge in [-0.25, -0.2) is 0 Å². The summed E-state index contributed by atoms with van der Waals surface area (Å²) in [5, 5.41) is 61.6. The standard InChI is InChI=1S/C17H31NO5.C8H17NO3.C6H12O4.4C2H6/c1-11-8-13-9-16(3,20)6-5-7-18-12(2)14(23-13)17(4,21)10-22-15(11)19;1-5-4-6(9(2)3)7(10)8(11)12-5;1-9-5-2-6(8)10-3-4(5)7;4*1-2/h11-14,18,20-21H,5-10H2,1-4H3;5-8,10-11H,4H2,1-3H3;4-8H,2-3H2,1H3;4*1-2H3/t11?,12?,13-,14?,16+,17+;5?,6?,7-,8?;;;;;/m01...../s1. The SMILES string of the molecule is CC.CC.CC.CC.CC1CC(N(C)C)[C@@H](O)C(O)O1.CC1C[C@H]2C[C@](C)(O)CCCNC(C)C(O2)[C@](C)(O)COC1=O.COC1CC(O)OCC1O. The van der Waals surface area contributed by atoms with Crippen LogP contribution in [0.4, 0.5) is 0 Å². The molecule has 322 valence electrons. The van der Waals surface area contributed by atoms with Crippen LogP contribution >= 0.6 is 0 Å². The third kappa shape index (κ3) is 21.8. The lowest BCUT2D eigenvalue weighted by molar-refractivity contribution is -0.230. The molecule has 4 aliphatic heterocycles. The van der Waals surface area contributed by atoms with Gasteiger partial charge in [0, 0.05) is 32.0 Å². The van der Waals surface area contributed by atoms with Crippen LogP contribution in [0.2, 0.25) is 0 Å². The largest absolute Gasteiger partial charge is 0.462 e. The number of carbonyl (C=O) groups excluding carboxylic acids is 1. The average Bonchev–Trinajstić information content (AvgIpc) is 3.17. The van der Waals surface area contributed by atoms with E-state index < -0.39 is 42.1 Å². The minimum Gasteiger partial charge on any atom is -0.462 e. The summed E-state index contributed by atoms with van der Waals surface area (Å²) in [5.74, 6) is -0.647. The van der Waals surface area contributed by atoms with Gasteiger partial charge in [-0.15, -0.1) is 0 Å². The molecule has 14 nitrogen and oxygen atoms in total. The minimum atomic E-state index is -1.28. The molecule has 14 heteroatoms. The fraction of sp³-hybridized carbons (Fsp3) is 0.974. The highest BCUT2D eigenvalue weighted by Gasteiger charge is 2.43. The molecule has 0 amide bonds. The van der Waals surface area contributed by atoms with Crippen LogP contribution in [-0.4, -0.2) is 155 Å². The molecule has 9 unspecified atom stereocenters. The minimum absolute atomic E-state index is 0.01000. The van der Waals surface area contributed by atoms with Gasteiger partial charge in [0.2, 0.25) is 0 Å². The van der Waals surface area contributed by atoms with E-state index in [1.807, 2.05) is 95.2 Å². The molecule has 7 N–H and O–H groups in total. The molecular formula is C39H84N2O12. The Morgan fingerprint density at radius 3 is 1.94 bits per heavy atom.